The van der Waals surface area contributed by atoms with Crippen molar-refractivity contribution in [1.82, 2.24) is 0 Å². The standard InChI is InChI=1S/C16H27FO3Si/c1-11-12(10-20-21(7,8)16(2,3)4)9-13(17)15(19-6)14(11)18-5/h9H,10H2,1-8H3. The van der Waals surface area contributed by atoms with E-state index in [1.807, 2.05) is 6.92 Å². The molecule has 0 unspecified atom stereocenters. The molecular formula is C16H27FO3Si. The summed E-state index contributed by atoms with van der Waals surface area (Å²) in [5.41, 5.74) is 1.66. The Morgan fingerprint density at radius 2 is 1.62 bits per heavy atom. The van der Waals surface area contributed by atoms with Crippen molar-refractivity contribution >= 4 is 8.32 Å². The SMILES string of the molecule is COc1c(F)cc(CO[Si](C)(C)C(C)(C)C)c(C)c1OC. The molecule has 5 heteroatoms. The first-order chi connectivity index (χ1) is 9.55. The van der Waals surface area contributed by atoms with Gasteiger partial charge in [-0.05, 0) is 36.7 Å². The molecule has 0 bridgehead atoms. The molecule has 0 aliphatic heterocycles. The average molecular weight is 314 g/mol. The minimum absolute atomic E-state index is 0.121. The molecule has 0 radical (unpaired) electrons. The lowest BCUT2D eigenvalue weighted by atomic mass is 10.1. The number of hydrogen-bond donors (Lipinski definition) is 0. The van der Waals surface area contributed by atoms with E-state index < -0.39 is 14.1 Å². The molecule has 0 N–H and O–H groups in total. The third-order valence-electron chi connectivity index (χ3n) is 4.35. The summed E-state index contributed by atoms with van der Waals surface area (Å²) in [5.74, 6) is 0.159. The highest BCUT2D eigenvalue weighted by Gasteiger charge is 2.37. The number of rotatable bonds is 5. The zero-order valence-electron chi connectivity index (χ0n) is 14.4. The number of halogens is 1. The normalized spacial score (nSPS) is 12.4. The molecule has 0 amide bonds. The van der Waals surface area contributed by atoms with E-state index in [0.29, 0.717) is 12.4 Å². The fourth-order valence-corrected chi connectivity index (χ4v) is 2.76. The Morgan fingerprint density at radius 3 is 2.05 bits per heavy atom. The number of benzene rings is 1. The van der Waals surface area contributed by atoms with Gasteiger partial charge < -0.3 is 13.9 Å². The molecule has 0 aromatic heterocycles. The minimum Gasteiger partial charge on any atom is -0.492 e. The maximum Gasteiger partial charge on any atom is 0.197 e. The van der Waals surface area contributed by atoms with Crippen molar-refractivity contribution in [3.63, 3.8) is 0 Å². The second-order valence-electron chi connectivity index (χ2n) is 6.76. The second-order valence-corrected chi connectivity index (χ2v) is 11.6. The van der Waals surface area contributed by atoms with Crippen LogP contribution in [0, 0.1) is 12.7 Å². The largest absolute Gasteiger partial charge is 0.492 e. The molecule has 1 aromatic rings. The summed E-state index contributed by atoms with van der Waals surface area (Å²) in [5, 5.41) is 0.121. The quantitative estimate of drug-likeness (QED) is 0.739. The fraction of sp³-hybridized carbons (Fsp3) is 0.625. The molecule has 0 aliphatic rings. The zero-order chi connectivity index (χ0) is 16.4. The van der Waals surface area contributed by atoms with Gasteiger partial charge >= 0.3 is 0 Å². The van der Waals surface area contributed by atoms with Crippen LogP contribution in [0.3, 0.4) is 0 Å². The van der Waals surface area contributed by atoms with Crippen molar-refractivity contribution in [3.05, 3.63) is 23.0 Å². The molecule has 3 nitrogen and oxygen atoms in total. The number of hydrogen-bond acceptors (Lipinski definition) is 3. The van der Waals surface area contributed by atoms with Crippen LogP contribution in [0.2, 0.25) is 18.1 Å². The van der Waals surface area contributed by atoms with Crippen LogP contribution < -0.4 is 9.47 Å². The first-order valence-electron chi connectivity index (χ1n) is 7.09. The predicted octanol–water partition coefficient (Wildman–Crippen LogP) is 4.67. The third kappa shape index (κ3) is 3.77. The molecule has 0 saturated carbocycles. The minimum atomic E-state index is -1.87. The van der Waals surface area contributed by atoms with Crippen LogP contribution in [0.25, 0.3) is 0 Å². The smallest absolute Gasteiger partial charge is 0.197 e. The first-order valence-corrected chi connectivity index (χ1v) is 10.00. The van der Waals surface area contributed by atoms with E-state index in [4.69, 9.17) is 13.9 Å². The van der Waals surface area contributed by atoms with E-state index in [9.17, 15) is 4.39 Å². The van der Waals surface area contributed by atoms with E-state index in [0.717, 1.165) is 11.1 Å². The van der Waals surface area contributed by atoms with Gasteiger partial charge in [0.1, 0.15) is 0 Å². The van der Waals surface area contributed by atoms with E-state index in [-0.39, 0.29) is 10.8 Å². The fourth-order valence-electron chi connectivity index (χ4n) is 1.81. The van der Waals surface area contributed by atoms with Crippen molar-refractivity contribution < 1.29 is 18.3 Å². The maximum absolute atomic E-state index is 14.1. The first kappa shape index (κ1) is 18.0. The average Bonchev–Trinajstić information content (AvgIpc) is 2.37. The van der Waals surface area contributed by atoms with Crippen LogP contribution in [0.1, 0.15) is 31.9 Å². The lowest BCUT2D eigenvalue weighted by molar-refractivity contribution is 0.272. The van der Waals surface area contributed by atoms with Gasteiger partial charge in [-0.1, -0.05) is 20.8 Å². The molecule has 0 saturated heterocycles. The monoisotopic (exact) mass is 314 g/mol. The predicted molar refractivity (Wildman–Crippen MR) is 86.2 cm³/mol. The summed E-state index contributed by atoms with van der Waals surface area (Å²) in [4.78, 5) is 0. The Balaban J connectivity index is 3.09. The van der Waals surface area contributed by atoms with Crippen LogP contribution in [-0.4, -0.2) is 22.5 Å². The van der Waals surface area contributed by atoms with Crippen LogP contribution in [0.5, 0.6) is 11.5 Å². The molecule has 0 spiro atoms. The Labute approximate surface area is 128 Å². The number of methoxy groups -OCH3 is 2. The van der Waals surface area contributed by atoms with Gasteiger partial charge in [-0.2, -0.15) is 0 Å². The van der Waals surface area contributed by atoms with Crippen molar-refractivity contribution in [2.24, 2.45) is 0 Å². The Hall–Kier alpha value is -1.07. The highest BCUT2D eigenvalue weighted by Crippen LogP contribution is 2.39. The molecule has 21 heavy (non-hydrogen) atoms. The van der Waals surface area contributed by atoms with Gasteiger partial charge in [0.2, 0.25) is 0 Å². The molecular weight excluding hydrogens is 287 g/mol. The molecule has 0 atom stereocenters. The molecule has 0 heterocycles. The van der Waals surface area contributed by atoms with Crippen molar-refractivity contribution in [2.45, 2.75) is 52.4 Å². The van der Waals surface area contributed by atoms with Crippen LogP contribution >= 0.6 is 0 Å². The van der Waals surface area contributed by atoms with Gasteiger partial charge in [0, 0.05) is 5.56 Å². The molecule has 1 aromatic carbocycles. The van der Waals surface area contributed by atoms with Crippen LogP contribution in [-0.2, 0) is 11.0 Å². The lowest BCUT2D eigenvalue weighted by Crippen LogP contribution is -2.40. The summed E-state index contributed by atoms with van der Waals surface area (Å²) in [7, 11) is 1.08. The maximum atomic E-state index is 14.1. The highest BCUT2D eigenvalue weighted by atomic mass is 28.4. The molecule has 1 rings (SSSR count). The topological polar surface area (TPSA) is 27.7 Å². The molecule has 0 fully saturated rings. The van der Waals surface area contributed by atoms with E-state index >= 15 is 0 Å². The van der Waals surface area contributed by atoms with Crippen LogP contribution in [0.15, 0.2) is 6.07 Å². The third-order valence-corrected chi connectivity index (χ3v) is 8.83. The zero-order valence-corrected chi connectivity index (χ0v) is 15.4. The van der Waals surface area contributed by atoms with Gasteiger partial charge in [0.05, 0.1) is 20.8 Å². The van der Waals surface area contributed by atoms with E-state index in [1.54, 1.807) is 0 Å². The summed E-state index contributed by atoms with van der Waals surface area (Å²) < 4.78 is 30.6. The van der Waals surface area contributed by atoms with Gasteiger partial charge in [-0.25, -0.2) is 4.39 Å². The van der Waals surface area contributed by atoms with Gasteiger partial charge in [0.15, 0.2) is 25.6 Å². The van der Waals surface area contributed by atoms with Crippen molar-refractivity contribution in [1.29, 1.82) is 0 Å². The van der Waals surface area contributed by atoms with E-state index in [1.165, 1.54) is 20.3 Å². The van der Waals surface area contributed by atoms with Crippen molar-refractivity contribution in [3.8, 4) is 11.5 Å². The summed E-state index contributed by atoms with van der Waals surface area (Å²) in [6.07, 6.45) is 0. The van der Waals surface area contributed by atoms with Crippen LogP contribution in [0.4, 0.5) is 4.39 Å². The summed E-state index contributed by atoms with van der Waals surface area (Å²) >= 11 is 0. The van der Waals surface area contributed by atoms with E-state index in [2.05, 4.69) is 33.9 Å². The van der Waals surface area contributed by atoms with Gasteiger partial charge in [0.25, 0.3) is 0 Å². The second kappa shape index (κ2) is 6.36. The molecule has 0 aliphatic carbocycles. The Kier molecular flexibility index (Phi) is 5.44. The van der Waals surface area contributed by atoms with Gasteiger partial charge in [-0.15, -0.1) is 0 Å². The summed E-state index contributed by atoms with van der Waals surface area (Å²) in [6, 6.07) is 1.48. The van der Waals surface area contributed by atoms with Gasteiger partial charge in [-0.3, -0.25) is 0 Å². The highest BCUT2D eigenvalue weighted by molar-refractivity contribution is 6.74. The molecule has 120 valence electrons. The van der Waals surface area contributed by atoms with Crippen molar-refractivity contribution in [2.75, 3.05) is 14.2 Å². The Morgan fingerprint density at radius 1 is 1.10 bits per heavy atom. The Bertz CT molecular complexity index is 507. The number of ether oxygens (including phenoxy) is 2. The summed E-state index contributed by atoms with van der Waals surface area (Å²) in [6.45, 7) is 13.2. The lowest BCUT2D eigenvalue weighted by Gasteiger charge is -2.36.